The minimum atomic E-state index is 0.129. The lowest BCUT2D eigenvalue weighted by molar-refractivity contribution is -0.125. The van der Waals surface area contributed by atoms with Gasteiger partial charge in [0, 0.05) is 18.1 Å². The van der Waals surface area contributed by atoms with Gasteiger partial charge in [-0.1, -0.05) is 31.4 Å². The summed E-state index contributed by atoms with van der Waals surface area (Å²) < 4.78 is 0. The average molecular weight is 246 g/mol. The van der Waals surface area contributed by atoms with Crippen molar-refractivity contribution < 1.29 is 4.79 Å². The third-order valence-electron chi connectivity index (χ3n) is 4.75. The number of nitrogens with zero attached hydrogens (tertiary/aromatic N) is 1. The van der Waals surface area contributed by atoms with Gasteiger partial charge in [0.05, 0.1) is 0 Å². The molecule has 0 radical (unpaired) electrons. The van der Waals surface area contributed by atoms with Crippen LogP contribution in [0.25, 0.3) is 0 Å². The Morgan fingerprint density at radius 3 is 2.67 bits per heavy atom. The highest BCUT2D eigenvalue weighted by molar-refractivity contribution is 5.79. The second kappa shape index (κ2) is 5.25. The predicted octanol–water partition coefficient (Wildman–Crippen LogP) is 2.88. The monoisotopic (exact) mass is 246 g/mol. The van der Waals surface area contributed by atoms with Crippen LogP contribution in [0.15, 0.2) is 17.3 Å². The quantitative estimate of drug-likeness (QED) is 0.464. The van der Waals surface area contributed by atoms with Crippen molar-refractivity contribution in [3.63, 3.8) is 0 Å². The number of hydrogen-bond donors (Lipinski definition) is 1. The summed E-state index contributed by atoms with van der Waals surface area (Å²) >= 11 is 0. The Morgan fingerprint density at radius 1 is 1.17 bits per heavy atom. The number of nitrogens with one attached hydrogen (secondary N) is 1. The number of carbonyl (C=O) groups excluding carboxylic acids is 1. The van der Waals surface area contributed by atoms with Crippen LogP contribution in [-0.4, -0.2) is 12.1 Å². The minimum Gasteiger partial charge on any atom is -0.273 e. The first-order valence-electron chi connectivity index (χ1n) is 7.34. The highest BCUT2D eigenvalue weighted by Gasteiger charge is 2.34. The van der Waals surface area contributed by atoms with E-state index in [-0.39, 0.29) is 11.8 Å². The molecule has 3 heteroatoms. The fourth-order valence-electron chi connectivity index (χ4n) is 3.65. The van der Waals surface area contributed by atoms with E-state index in [1.165, 1.54) is 32.1 Å². The average Bonchev–Trinajstić information content (AvgIpc) is 3.02. The first-order valence-corrected chi connectivity index (χ1v) is 7.34. The molecule has 0 unspecified atom stereocenters. The van der Waals surface area contributed by atoms with E-state index in [1.807, 2.05) is 6.21 Å². The van der Waals surface area contributed by atoms with Crippen LogP contribution in [-0.2, 0) is 4.79 Å². The lowest BCUT2D eigenvalue weighted by Gasteiger charge is -2.19. The van der Waals surface area contributed by atoms with Crippen molar-refractivity contribution in [3.05, 3.63) is 12.2 Å². The van der Waals surface area contributed by atoms with E-state index in [9.17, 15) is 4.79 Å². The van der Waals surface area contributed by atoms with E-state index < -0.39 is 0 Å². The van der Waals surface area contributed by atoms with Crippen LogP contribution in [0.3, 0.4) is 0 Å². The van der Waals surface area contributed by atoms with Gasteiger partial charge in [0.15, 0.2) is 0 Å². The molecule has 0 aliphatic heterocycles. The van der Waals surface area contributed by atoms with Gasteiger partial charge in [0.25, 0.3) is 0 Å². The molecule has 0 aromatic carbocycles. The molecule has 3 nitrogen and oxygen atoms in total. The van der Waals surface area contributed by atoms with E-state index in [4.69, 9.17) is 0 Å². The molecular formula is C15H22N2O. The molecule has 0 heterocycles. The lowest BCUT2D eigenvalue weighted by atomic mass is 9.89. The Hall–Kier alpha value is -1.12. The van der Waals surface area contributed by atoms with Crippen molar-refractivity contribution in [3.8, 4) is 0 Å². The largest absolute Gasteiger partial charge is 0.273 e. The van der Waals surface area contributed by atoms with Crippen molar-refractivity contribution in [1.29, 1.82) is 0 Å². The molecule has 2 bridgehead atoms. The number of hydrazone groups is 1. The molecule has 2 saturated carbocycles. The van der Waals surface area contributed by atoms with Crippen LogP contribution in [0.4, 0.5) is 0 Å². The fraction of sp³-hybridized carbons (Fsp3) is 0.733. The first kappa shape index (κ1) is 11.9. The Labute approximate surface area is 109 Å². The van der Waals surface area contributed by atoms with E-state index in [2.05, 4.69) is 22.7 Å². The first-order chi connectivity index (χ1) is 8.83. The summed E-state index contributed by atoms with van der Waals surface area (Å²) in [5.74, 6) is 2.32. The third-order valence-corrected chi connectivity index (χ3v) is 4.75. The van der Waals surface area contributed by atoms with Gasteiger partial charge in [0.2, 0.25) is 5.91 Å². The number of carbonyl (C=O) groups is 1. The van der Waals surface area contributed by atoms with Gasteiger partial charge in [-0.3, -0.25) is 4.79 Å². The van der Waals surface area contributed by atoms with Crippen molar-refractivity contribution in [2.24, 2.45) is 28.8 Å². The van der Waals surface area contributed by atoms with Crippen molar-refractivity contribution in [2.75, 3.05) is 0 Å². The molecular weight excluding hydrogens is 224 g/mol. The lowest BCUT2D eigenvalue weighted by Crippen LogP contribution is -2.28. The minimum absolute atomic E-state index is 0.129. The normalized spacial score (nSPS) is 35.4. The van der Waals surface area contributed by atoms with E-state index in [0.717, 1.165) is 18.8 Å². The van der Waals surface area contributed by atoms with Crippen molar-refractivity contribution in [2.45, 2.75) is 44.9 Å². The molecule has 1 N–H and O–H groups in total. The van der Waals surface area contributed by atoms with Crippen LogP contribution in [0, 0.1) is 23.7 Å². The van der Waals surface area contributed by atoms with Gasteiger partial charge >= 0.3 is 0 Å². The number of hydrogen-bond acceptors (Lipinski definition) is 2. The van der Waals surface area contributed by atoms with E-state index >= 15 is 0 Å². The molecule has 3 aliphatic carbocycles. The highest BCUT2D eigenvalue weighted by Crippen LogP contribution is 2.42. The van der Waals surface area contributed by atoms with Gasteiger partial charge in [0.1, 0.15) is 0 Å². The molecule has 0 saturated heterocycles. The summed E-state index contributed by atoms with van der Waals surface area (Å²) in [6.45, 7) is 0. The Bertz CT molecular complexity index is 369. The summed E-state index contributed by atoms with van der Waals surface area (Å²) in [4.78, 5) is 11.9. The van der Waals surface area contributed by atoms with Gasteiger partial charge in [-0.2, -0.15) is 5.10 Å². The number of allylic oxidation sites excluding steroid dienone is 2. The Kier molecular flexibility index (Phi) is 3.48. The molecule has 98 valence electrons. The van der Waals surface area contributed by atoms with Crippen LogP contribution in [0.2, 0.25) is 0 Å². The molecule has 0 aromatic heterocycles. The third kappa shape index (κ3) is 2.50. The summed E-state index contributed by atoms with van der Waals surface area (Å²) in [5.41, 5.74) is 2.75. The number of amides is 1. The SMILES string of the molecule is O=C(N/N=C\[C@H]1C[C@H]2C=C[C@H]1C2)C1CCCCC1. The van der Waals surface area contributed by atoms with Crippen LogP contribution >= 0.6 is 0 Å². The molecule has 18 heavy (non-hydrogen) atoms. The Morgan fingerprint density at radius 2 is 2.00 bits per heavy atom. The molecule has 3 rings (SSSR count). The van der Waals surface area contributed by atoms with Gasteiger partial charge in [-0.05, 0) is 37.5 Å². The summed E-state index contributed by atoms with van der Waals surface area (Å²) in [5, 5.41) is 4.19. The highest BCUT2D eigenvalue weighted by atomic mass is 16.2. The topological polar surface area (TPSA) is 41.5 Å². The summed E-state index contributed by atoms with van der Waals surface area (Å²) in [7, 11) is 0. The van der Waals surface area contributed by atoms with E-state index in [1.54, 1.807) is 0 Å². The summed E-state index contributed by atoms with van der Waals surface area (Å²) in [6.07, 6.45) is 14.9. The molecule has 0 aromatic rings. The smallest absolute Gasteiger partial charge is 0.243 e. The molecule has 3 atom stereocenters. The maximum Gasteiger partial charge on any atom is 0.243 e. The molecule has 1 amide bonds. The zero-order valence-electron chi connectivity index (χ0n) is 10.8. The van der Waals surface area contributed by atoms with E-state index in [0.29, 0.717) is 11.8 Å². The second-order valence-electron chi connectivity index (χ2n) is 6.03. The molecule has 2 fully saturated rings. The van der Waals surface area contributed by atoms with Crippen molar-refractivity contribution >= 4 is 12.1 Å². The molecule has 0 spiro atoms. The van der Waals surface area contributed by atoms with Crippen LogP contribution < -0.4 is 5.43 Å². The fourth-order valence-corrected chi connectivity index (χ4v) is 3.65. The number of rotatable bonds is 3. The van der Waals surface area contributed by atoms with Gasteiger partial charge < -0.3 is 0 Å². The zero-order chi connectivity index (χ0) is 12.4. The predicted molar refractivity (Wildman–Crippen MR) is 72.1 cm³/mol. The van der Waals surface area contributed by atoms with Crippen LogP contribution in [0.5, 0.6) is 0 Å². The second-order valence-corrected chi connectivity index (χ2v) is 6.03. The van der Waals surface area contributed by atoms with Gasteiger partial charge in [-0.25, -0.2) is 5.43 Å². The molecule has 3 aliphatic rings. The standard InChI is InChI=1S/C15H22N2O/c18-15(12-4-2-1-3-5-12)17-16-10-14-9-11-6-7-13(14)8-11/h6-7,10-14H,1-5,8-9H2,(H,17,18)/b16-10-/t11-,13-,14+/m0/s1. The Balaban J connectivity index is 1.46. The maximum absolute atomic E-state index is 11.9. The van der Waals surface area contributed by atoms with Crippen LogP contribution in [0.1, 0.15) is 44.9 Å². The van der Waals surface area contributed by atoms with Gasteiger partial charge in [-0.15, -0.1) is 0 Å². The van der Waals surface area contributed by atoms with Crippen molar-refractivity contribution in [1.82, 2.24) is 5.43 Å². The zero-order valence-corrected chi connectivity index (χ0v) is 10.8. The summed E-state index contributed by atoms with van der Waals surface area (Å²) in [6, 6.07) is 0. The number of fused-ring (bicyclic) bond motifs is 2. The maximum atomic E-state index is 11.9.